The van der Waals surface area contributed by atoms with Gasteiger partial charge in [-0.05, 0) is 37.2 Å². The molecule has 0 radical (unpaired) electrons. The molecule has 1 aromatic carbocycles. The van der Waals surface area contributed by atoms with Crippen LogP contribution in [0.25, 0.3) is 16.7 Å². The van der Waals surface area contributed by atoms with Gasteiger partial charge in [-0.25, -0.2) is 4.98 Å². The molecule has 1 N–H and O–H groups in total. The van der Waals surface area contributed by atoms with E-state index in [0.29, 0.717) is 6.04 Å². The van der Waals surface area contributed by atoms with E-state index in [4.69, 9.17) is 0 Å². The van der Waals surface area contributed by atoms with Crippen molar-refractivity contribution in [2.24, 2.45) is 0 Å². The van der Waals surface area contributed by atoms with Crippen molar-refractivity contribution in [1.29, 1.82) is 0 Å². The van der Waals surface area contributed by atoms with E-state index in [1.807, 2.05) is 30.7 Å². The van der Waals surface area contributed by atoms with Crippen molar-refractivity contribution >= 4 is 11.0 Å². The van der Waals surface area contributed by atoms with Gasteiger partial charge in [0.2, 0.25) is 0 Å². The van der Waals surface area contributed by atoms with Crippen molar-refractivity contribution < 1.29 is 0 Å². The van der Waals surface area contributed by atoms with Crippen LogP contribution in [0.2, 0.25) is 0 Å². The topological polar surface area (TPSA) is 42.7 Å². The Balaban J connectivity index is 1.93. The summed E-state index contributed by atoms with van der Waals surface area (Å²) >= 11 is 0. The maximum absolute atomic E-state index is 4.62. The van der Waals surface area contributed by atoms with Gasteiger partial charge in [-0.1, -0.05) is 26.0 Å². The minimum Gasteiger partial charge on any atom is -0.309 e. The normalized spacial score (nSPS) is 12.7. The SMILES string of the molecule is CCNC(CC)c1ccc(-n2cnc3ccccc32)cn1. The number of para-hydroxylation sites is 2. The van der Waals surface area contributed by atoms with Crippen LogP contribution < -0.4 is 5.32 Å². The van der Waals surface area contributed by atoms with Crippen LogP contribution >= 0.6 is 0 Å². The molecule has 0 aliphatic heterocycles. The van der Waals surface area contributed by atoms with Crippen LogP contribution in [-0.4, -0.2) is 21.1 Å². The van der Waals surface area contributed by atoms with Gasteiger partial charge in [-0.15, -0.1) is 0 Å². The lowest BCUT2D eigenvalue weighted by Crippen LogP contribution is -2.21. The third kappa shape index (κ3) is 2.67. The highest BCUT2D eigenvalue weighted by Crippen LogP contribution is 2.19. The fourth-order valence-corrected chi connectivity index (χ4v) is 2.62. The summed E-state index contributed by atoms with van der Waals surface area (Å²) in [5, 5.41) is 3.45. The van der Waals surface area contributed by atoms with Gasteiger partial charge in [-0.3, -0.25) is 9.55 Å². The summed E-state index contributed by atoms with van der Waals surface area (Å²) in [6.45, 7) is 5.25. The number of aromatic nitrogens is 3. The first-order valence-electron chi connectivity index (χ1n) is 7.45. The van der Waals surface area contributed by atoms with Crippen LogP contribution in [-0.2, 0) is 0 Å². The van der Waals surface area contributed by atoms with E-state index in [-0.39, 0.29) is 0 Å². The van der Waals surface area contributed by atoms with Crippen LogP contribution in [0.5, 0.6) is 0 Å². The van der Waals surface area contributed by atoms with Gasteiger partial charge >= 0.3 is 0 Å². The molecule has 0 bridgehead atoms. The molecule has 0 amide bonds. The minimum absolute atomic E-state index is 0.323. The number of fused-ring (bicyclic) bond motifs is 1. The second-order valence-corrected chi connectivity index (χ2v) is 5.06. The summed E-state index contributed by atoms with van der Waals surface area (Å²) in [7, 11) is 0. The molecule has 4 nitrogen and oxygen atoms in total. The first-order valence-corrected chi connectivity index (χ1v) is 7.45. The first-order chi connectivity index (χ1) is 10.3. The Kier molecular flexibility index (Phi) is 3.97. The number of nitrogens with one attached hydrogen (secondary N) is 1. The number of nitrogens with zero attached hydrogens (tertiary/aromatic N) is 3. The second kappa shape index (κ2) is 6.06. The van der Waals surface area contributed by atoms with E-state index in [1.54, 1.807) is 0 Å². The molecule has 2 aromatic heterocycles. The molecule has 108 valence electrons. The van der Waals surface area contributed by atoms with Crippen LogP contribution in [0.1, 0.15) is 32.0 Å². The molecule has 0 saturated carbocycles. The van der Waals surface area contributed by atoms with Crippen molar-refractivity contribution in [3.63, 3.8) is 0 Å². The van der Waals surface area contributed by atoms with Gasteiger partial charge in [0.05, 0.1) is 28.6 Å². The van der Waals surface area contributed by atoms with Crippen LogP contribution in [0.3, 0.4) is 0 Å². The fraction of sp³-hybridized carbons (Fsp3) is 0.294. The number of imidazole rings is 1. The Morgan fingerprint density at radius 1 is 1.10 bits per heavy atom. The summed E-state index contributed by atoms with van der Waals surface area (Å²) in [4.78, 5) is 9.04. The summed E-state index contributed by atoms with van der Waals surface area (Å²) in [5.41, 5.74) is 4.23. The van der Waals surface area contributed by atoms with Crippen molar-refractivity contribution in [3.05, 3.63) is 54.6 Å². The Morgan fingerprint density at radius 2 is 1.95 bits per heavy atom. The Morgan fingerprint density at radius 3 is 2.67 bits per heavy atom. The standard InChI is InChI=1S/C17H20N4/c1-3-14(18-4-2)15-10-9-13(11-19-15)21-12-20-16-7-5-6-8-17(16)21/h5-12,14,18H,3-4H2,1-2H3. The molecule has 0 spiro atoms. The zero-order chi connectivity index (χ0) is 14.7. The monoisotopic (exact) mass is 280 g/mol. The third-order valence-corrected chi connectivity index (χ3v) is 3.72. The van der Waals surface area contributed by atoms with E-state index in [2.05, 4.69) is 51.9 Å². The Labute approximate surface area is 124 Å². The average Bonchev–Trinajstić information content (AvgIpc) is 2.97. The van der Waals surface area contributed by atoms with E-state index in [1.165, 1.54) is 0 Å². The number of hydrogen-bond donors (Lipinski definition) is 1. The Hall–Kier alpha value is -2.20. The summed E-state index contributed by atoms with van der Waals surface area (Å²) in [6.07, 6.45) is 4.81. The van der Waals surface area contributed by atoms with Gasteiger partial charge in [0.1, 0.15) is 6.33 Å². The highest BCUT2D eigenvalue weighted by Gasteiger charge is 2.10. The number of benzene rings is 1. The van der Waals surface area contributed by atoms with E-state index in [0.717, 1.165) is 35.4 Å². The predicted octanol–water partition coefficient (Wildman–Crippen LogP) is 3.48. The molecule has 0 aliphatic rings. The van der Waals surface area contributed by atoms with Crippen molar-refractivity contribution in [3.8, 4) is 5.69 Å². The molecule has 1 atom stereocenters. The molecule has 0 aliphatic carbocycles. The molecule has 0 fully saturated rings. The molecular formula is C17H20N4. The molecule has 3 aromatic rings. The second-order valence-electron chi connectivity index (χ2n) is 5.06. The largest absolute Gasteiger partial charge is 0.309 e. The summed E-state index contributed by atoms with van der Waals surface area (Å²) in [5.74, 6) is 0. The predicted molar refractivity (Wildman–Crippen MR) is 85.6 cm³/mol. The minimum atomic E-state index is 0.323. The van der Waals surface area contributed by atoms with Gasteiger partial charge in [0, 0.05) is 6.04 Å². The fourth-order valence-electron chi connectivity index (χ4n) is 2.62. The zero-order valence-corrected chi connectivity index (χ0v) is 12.5. The molecule has 21 heavy (non-hydrogen) atoms. The highest BCUT2D eigenvalue weighted by molar-refractivity contribution is 5.77. The quantitative estimate of drug-likeness (QED) is 0.778. The lowest BCUT2D eigenvalue weighted by Gasteiger charge is -2.15. The summed E-state index contributed by atoms with van der Waals surface area (Å²) < 4.78 is 2.07. The Bertz CT molecular complexity index is 715. The molecule has 1 unspecified atom stereocenters. The van der Waals surface area contributed by atoms with Gasteiger partial charge in [0.25, 0.3) is 0 Å². The number of pyridine rings is 1. The van der Waals surface area contributed by atoms with Gasteiger partial charge < -0.3 is 5.32 Å². The van der Waals surface area contributed by atoms with Crippen molar-refractivity contribution in [2.45, 2.75) is 26.3 Å². The van der Waals surface area contributed by atoms with Crippen LogP contribution in [0, 0.1) is 0 Å². The number of hydrogen-bond acceptors (Lipinski definition) is 3. The molecule has 3 rings (SSSR count). The maximum atomic E-state index is 4.62. The van der Waals surface area contributed by atoms with Gasteiger partial charge in [-0.2, -0.15) is 0 Å². The lowest BCUT2D eigenvalue weighted by molar-refractivity contribution is 0.524. The third-order valence-electron chi connectivity index (χ3n) is 3.72. The number of rotatable bonds is 5. The average molecular weight is 280 g/mol. The molecule has 4 heteroatoms. The van der Waals surface area contributed by atoms with E-state index in [9.17, 15) is 0 Å². The molecule has 0 saturated heterocycles. The van der Waals surface area contributed by atoms with Crippen molar-refractivity contribution in [1.82, 2.24) is 19.9 Å². The summed E-state index contributed by atoms with van der Waals surface area (Å²) in [6, 6.07) is 12.7. The maximum Gasteiger partial charge on any atom is 0.100 e. The zero-order valence-electron chi connectivity index (χ0n) is 12.5. The molecule has 2 heterocycles. The lowest BCUT2D eigenvalue weighted by atomic mass is 10.1. The van der Waals surface area contributed by atoms with E-state index >= 15 is 0 Å². The molecular weight excluding hydrogens is 260 g/mol. The smallest absolute Gasteiger partial charge is 0.100 e. The van der Waals surface area contributed by atoms with Crippen molar-refractivity contribution in [2.75, 3.05) is 6.54 Å². The van der Waals surface area contributed by atoms with Crippen LogP contribution in [0.4, 0.5) is 0 Å². The van der Waals surface area contributed by atoms with Crippen LogP contribution in [0.15, 0.2) is 48.9 Å². The highest BCUT2D eigenvalue weighted by atomic mass is 15.1. The first kappa shape index (κ1) is 13.8. The van der Waals surface area contributed by atoms with Gasteiger partial charge in [0.15, 0.2) is 0 Å². The van der Waals surface area contributed by atoms with E-state index < -0.39 is 0 Å².